The van der Waals surface area contributed by atoms with Gasteiger partial charge >= 0.3 is 6.18 Å². The maximum atomic E-state index is 13.9. The average molecular weight is 404 g/mol. The molecule has 0 spiro atoms. The second kappa shape index (κ2) is 5.97. The molecular formula is C15H7BrF5N3. The SMILES string of the molecule is Fc1ccc(-c2cc(Br)cc(-c3cc(C(F)(F)F)n[nH]3)n2)c(F)c1. The van der Waals surface area contributed by atoms with E-state index in [1.165, 1.54) is 18.2 Å². The number of aromatic amines is 1. The molecule has 1 N–H and O–H groups in total. The quantitative estimate of drug-likeness (QED) is 0.597. The Morgan fingerprint density at radius 3 is 2.29 bits per heavy atom. The van der Waals surface area contributed by atoms with Crippen molar-refractivity contribution in [1.82, 2.24) is 15.2 Å². The summed E-state index contributed by atoms with van der Waals surface area (Å²) in [4.78, 5) is 4.13. The summed E-state index contributed by atoms with van der Waals surface area (Å²) in [6, 6.07) is 6.71. The van der Waals surface area contributed by atoms with Crippen molar-refractivity contribution in [3.63, 3.8) is 0 Å². The van der Waals surface area contributed by atoms with E-state index in [4.69, 9.17) is 0 Å². The molecular weight excluding hydrogens is 397 g/mol. The van der Waals surface area contributed by atoms with E-state index in [0.29, 0.717) is 10.5 Å². The minimum Gasteiger partial charge on any atom is -0.276 e. The minimum absolute atomic E-state index is 0.0207. The van der Waals surface area contributed by atoms with Crippen molar-refractivity contribution in [2.45, 2.75) is 6.18 Å². The van der Waals surface area contributed by atoms with Crippen LogP contribution in [0, 0.1) is 11.6 Å². The normalized spacial score (nSPS) is 11.8. The topological polar surface area (TPSA) is 41.6 Å². The molecule has 0 fully saturated rings. The molecule has 24 heavy (non-hydrogen) atoms. The van der Waals surface area contributed by atoms with Crippen LogP contribution in [-0.4, -0.2) is 15.2 Å². The van der Waals surface area contributed by atoms with Crippen LogP contribution in [-0.2, 0) is 6.18 Å². The Kier molecular flexibility index (Phi) is 4.12. The molecule has 3 nitrogen and oxygen atoms in total. The molecule has 0 atom stereocenters. The van der Waals surface area contributed by atoms with Gasteiger partial charge in [0.1, 0.15) is 11.6 Å². The molecule has 0 bridgehead atoms. The number of nitrogens with zero attached hydrogens (tertiary/aromatic N) is 2. The number of nitrogens with one attached hydrogen (secondary N) is 1. The zero-order chi connectivity index (χ0) is 17.5. The van der Waals surface area contributed by atoms with Gasteiger partial charge in [-0.15, -0.1) is 0 Å². The van der Waals surface area contributed by atoms with Crippen LogP contribution in [0.4, 0.5) is 22.0 Å². The third kappa shape index (κ3) is 3.30. The predicted molar refractivity (Wildman–Crippen MR) is 79.9 cm³/mol. The molecule has 0 aliphatic rings. The lowest BCUT2D eigenvalue weighted by Crippen LogP contribution is -2.04. The van der Waals surface area contributed by atoms with Crippen molar-refractivity contribution < 1.29 is 22.0 Å². The third-order valence-electron chi connectivity index (χ3n) is 3.14. The number of rotatable bonds is 2. The lowest BCUT2D eigenvalue weighted by Gasteiger charge is -2.06. The Hall–Kier alpha value is -2.29. The highest BCUT2D eigenvalue weighted by Gasteiger charge is 2.34. The van der Waals surface area contributed by atoms with Crippen LogP contribution in [0.15, 0.2) is 40.9 Å². The number of benzene rings is 1. The van der Waals surface area contributed by atoms with Crippen LogP contribution in [0.3, 0.4) is 0 Å². The lowest BCUT2D eigenvalue weighted by molar-refractivity contribution is -0.141. The number of aromatic nitrogens is 3. The van der Waals surface area contributed by atoms with Gasteiger partial charge in [0, 0.05) is 16.1 Å². The van der Waals surface area contributed by atoms with Crippen LogP contribution < -0.4 is 0 Å². The molecule has 3 aromatic rings. The van der Waals surface area contributed by atoms with E-state index in [0.717, 1.165) is 12.1 Å². The summed E-state index contributed by atoms with van der Waals surface area (Å²) in [5, 5.41) is 5.45. The first kappa shape index (κ1) is 16.6. The largest absolute Gasteiger partial charge is 0.435 e. The summed E-state index contributed by atoms with van der Waals surface area (Å²) < 4.78 is 65.3. The van der Waals surface area contributed by atoms with E-state index in [9.17, 15) is 22.0 Å². The van der Waals surface area contributed by atoms with Crippen LogP contribution in [0.2, 0.25) is 0 Å². The second-order valence-electron chi connectivity index (χ2n) is 4.84. The Morgan fingerprint density at radius 1 is 0.958 bits per heavy atom. The van der Waals surface area contributed by atoms with Gasteiger partial charge in [-0.1, -0.05) is 15.9 Å². The van der Waals surface area contributed by atoms with Gasteiger partial charge in [-0.05, 0) is 30.3 Å². The van der Waals surface area contributed by atoms with Crippen molar-refractivity contribution in [1.29, 1.82) is 0 Å². The van der Waals surface area contributed by atoms with Crippen LogP contribution in [0.5, 0.6) is 0 Å². The Labute approximate surface area is 140 Å². The summed E-state index contributed by atoms with van der Waals surface area (Å²) >= 11 is 3.20. The maximum Gasteiger partial charge on any atom is 0.435 e. The molecule has 1 aromatic carbocycles. The number of hydrogen-bond donors (Lipinski definition) is 1. The fourth-order valence-corrected chi connectivity index (χ4v) is 2.50. The maximum absolute atomic E-state index is 13.9. The zero-order valence-corrected chi connectivity index (χ0v) is 13.2. The summed E-state index contributed by atoms with van der Waals surface area (Å²) in [5.74, 6) is -1.57. The van der Waals surface area contributed by atoms with E-state index >= 15 is 0 Å². The van der Waals surface area contributed by atoms with E-state index < -0.39 is 23.5 Å². The highest BCUT2D eigenvalue weighted by molar-refractivity contribution is 9.10. The first-order valence-electron chi connectivity index (χ1n) is 6.50. The Balaban J connectivity index is 2.08. The third-order valence-corrected chi connectivity index (χ3v) is 3.60. The number of H-pyrrole nitrogens is 1. The number of pyridine rings is 1. The van der Waals surface area contributed by atoms with Crippen molar-refractivity contribution in [2.24, 2.45) is 0 Å². The molecule has 0 amide bonds. The summed E-state index contributed by atoms with van der Waals surface area (Å²) in [5.41, 5.74) is -0.776. The van der Waals surface area contributed by atoms with Gasteiger partial charge in [0.15, 0.2) is 5.69 Å². The van der Waals surface area contributed by atoms with Gasteiger partial charge in [0.25, 0.3) is 0 Å². The van der Waals surface area contributed by atoms with Crippen LogP contribution >= 0.6 is 15.9 Å². The van der Waals surface area contributed by atoms with Crippen molar-refractivity contribution in [3.8, 4) is 22.6 Å². The predicted octanol–water partition coefficient (Wildman–Crippen LogP) is 5.20. The molecule has 0 aliphatic heterocycles. The van der Waals surface area contributed by atoms with E-state index in [-0.39, 0.29) is 22.6 Å². The molecule has 0 aliphatic carbocycles. The number of hydrogen-bond acceptors (Lipinski definition) is 2. The summed E-state index contributed by atoms with van der Waals surface area (Å²) in [6.07, 6.45) is -4.59. The smallest absolute Gasteiger partial charge is 0.276 e. The summed E-state index contributed by atoms with van der Waals surface area (Å²) in [6.45, 7) is 0. The monoisotopic (exact) mass is 403 g/mol. The lowest BCUT2D eigenvalue weighted by atomic mass is 10.1. The van der Waals surface area contributed by atoms with Gasteiger partial charge < -0.3 is 0 Å². The summed E-state index contributed by atoms with van der Waals surface area (Å²) in [7, 11) is 0. The molecule has 2 aromatic heterocycles. The molecule has 0 saturated carbocycles. The average Bonchev–Trinajstić information content (AvgIpc) is 2.96. The highest BCUT2D eigenvalue weighted by atomic mass is 79.9. The van der Waals surface area contributed by atoms with Gasteiger partial charge in [0.05, 0.1) is 17.1 Å². The fraction of sp³-hybridized carbons (Fsp3) is 0.0667. The first-order valence-corrected chi connectivity index (χ1v) is 7.29. The van der Waals surface area contributed by atoms with Crippen LogP contribution in [0.25, 0.3) is 22.6 Å². The van der Waals surface area contributed by atoms with E-state index in [2.05, 4.69) is 31.1 Å². The standard InChI is InChI=1S/C15H7BrF5N3/c16-7-3-11(9-2-1-8(17)5-10(9)18)22-12(4-7)13-6-14(24-23-13)15(19,20)21/h1-6H,(H,23,24). The molecule has 0 saturated heterocycles. The van der Waals surface area contributed by atoms with Crippen LogP contribution in [0.1, 0.15) is 5.69 Å². The molecule has 3 rings (SSSR count). The molecule has 124 valence electrons. The fourth-order valence-electron chi connectivity index (χ4n) is 2.07. The Morgan fingerprint density at radius 2 is 1.67 bits per heavy atom. The minimum atomic E-state index is -4.59. The number of halogens is 6. The molecule has 2 heterocycles. The molecule has 9 heteroatoms. The second-order valence-corrected chi connectivity index (χ2v) is 5.76. The highest BCUT2D eigenvalue weighted by Crippen LogP contribution is 2.32. The van der Waals surface area contributed by atoms with Gasteiger partial charge in [-0.3, -0.25) is 5.10 Å². The molecule has 0 unspecified atom stereocenters. The van der Waals surface area contributed by atoms with E-state index in [1.54, 1.807) is 0 Å². The first-order chi connectivity index (χ1) is 11.2. The number of alkyl halides is 3. The Bertz CT molecular complexity index is 904. The van der Waals surface area contributed by atoms with Gasteiger partial charge in [0.2, 0.25) is 0 Å². The van der Waals surface area contributed by atoms with E-state index in [1.807, 2.05) is 0 Å². The van der Waals surface area contributed by atoms with Gasteiger partial charge in [-0.2, -0.15) is 18.3 Å². The van der Waals surface area contributed by atoms with Crippen molar-refractivity contribution in [2.75, 3.05) is 0 Å². The molecule has 0 radical (unpaired) electrons. The van der Waals surface area contributed by atoms with Crippen molar-refractivity contribution >= 4 is 15.9 Å². The van der Waals surface area contributed by atoms with Gasteiger partial charge in [-0.25, -0.2) is 13.8 Å². The van der Waals surface area contributed by atoms with Crippen molar-refractivity contribution in [3.05, 3.63) is 58.2 Å². The zero-order valence-electron chi connectivity index (χ0n) is 11.6.